The van der Waals surface area contributed by atoms with Crippen LogP contribution in [-0.4, -0.2) is 30.8 Å². The summed E-state index contributed by atoms with van der Waals surface area (Å²) in [5.41, 5.74) is 6.47. The Morgan fingerprint density at radius 2 is 1.69 bits per heavy atom. The van der Waals surface area contributed by atoms with Crippen LogP contribution in [0.2, 0.25) is 0 Å². The van der Waals surface area contributed by atoms with E-state index >= 15 is 0 Å². The SMILES string of the molecule is CC(=O)NCC(=Cc1ccc2c(c1)Cc1ccccc1-2)B1OC(C)(C)C(C)(C)O1. The summed E-state index contributed by atoms with van der Waals surface area (Å²) in [4.78, 5) is 11.5. The highest BCUT2D eigenvalue weighted by molar-refractivity contribution is 6.56. The zero-order chi connectivity index (χ0) is 20.8. The van der Waals surface area contributed by atoms with Crippen LogP contribution in [0.25, 0.3) is 17.2 Å². The largest absolute Gasteiger partial charge is 0.492 e. The van der Waals surface area contributed by atoms with Crippen molar-refractivity contribution in [2.75, 3.05) is 6.54 Å². The minimum Gasteiger partial charge on any atom is -0.400 e. The van der Waals surface area contributed by atoms with Gasteiger partial charge in [-0.15, -0.1) is 0 Å². The van der Waals surface area contributed by atoms with Crippen LogP contribution in [0.1, 0.15) is 51.3 Å². The quantitative estimate of drug-likeness (QED) is 0.673. The molecule has 1 N–H and O–H groups in total. The molecular weight excluding hydrogens is 361 g/mol. The summed E-state index contributed by atoms with van der Waals surface area (Å²) in [5, 5.41) is 2.90. The van der Waals surface area contributed by atoms with E-state index in [-0.39, 0.29) is 5.91 Å². The molecule has 4 nitrogen and oxygen atoms in total. The molecule has 2 aliphatic rings. The minimum absolute atomic E-state index is 0.0724. The van der Waals surface area contributed by atoms with Gasteiger partial charge in [0.25, 0.3) is 0 Å². The molecule has 1 saturated heterocycles. The summed E-state index contributed by atoms with van der Waals surface area (Å²) < 4.78 is 12.5. The van der Waals surface area contributed by atoms with E-state index in [1.165, 1.54) is 29.2 Å². The Labute approximate surface area is 173 Å². The second kappa shape index (κ2) is 7.15. The van der Waals surface area contributed by atoms with E-state index in [1.807, 2.05) is 27.7 Å². The van der Waals surface area contributed by atoms with Gasteiger partial charge in [0.2, 0.25) is 5.91 Å². The Balaban J connectivity index is 1.65. The van der Waals surface area contributed by atoms with Gasteiger partial charge in [0.05, 0.1) is 11.2 Å². The summed E-state index contributed by atoms with van der Waals surface area (Å²) in [5.74, 6) is -0.0724. The fraction of sp³-hybridized carbons (Fsp3) is 0.375. The fourth-order valence-corrected chi connectivity index (χ4v) is 3.89. The molecule has 150 valence electrons. The second-order valence-electron chi connectivity index (χ2n) is 8.97. The van der Waals surface area contributed by atoms with E-state index < -0.39 is 18.3 Å². The van der Waals surface area contributed by atoms with E-state index in [9.17, 15) is 4.79 Å². The maximum Gasteiger partial charge on any atom is 0.492 e. The Hall–Kier alpha value is -2.37. The van der Waals surface area contributed by atoms with Crippen molar-refractivity contribution >= 4 is 19.1 Å². The van der Waals surface area contributed by atoms with Crippen LogP contribution < -0.4 is 5.32 Å². The number of benzene rings is 2. The summed E-state index contributed by atoms with van der Waals surface area (Å²) in [6, 6.07) is 15.1. The molecule has 29 heavy (non-hydrogen) atoms. The molecule has 1 heterocycles. The molecule has 5 heteroatoms. The van der Waals surface area contributed by atoms with Crippen LogP contribution in [-0.2, 0) is 20.5 Å². The number of rotatable bonds is 4. The first kappa shape index (κ1) is 19.9. The van der Waals surface area contributed by atoms with E-state index in [0.29, 0.717) is 6.54 Å². The van der Waals surface area contributed by atoms with Gasteiger partial charge in [0, 0.05) is 13.5 Å². The molecule has 1 aliphatic heterocycles. The van der Waals surface area contributed by atoms with Crippen molar-refractivity contribution in [3.05, 3.63) is 64.6 Å². The number of nitrogens with one attached hydrogen (secondary N) is 1. The summed E-state index contributed by atoms with van der Waals surface area (Å²) >= 11 is 0. The third kappa shape index (κ3) is 3.77. The van der Waals surface area contributed by atoms with Crippen LogP contribution in [0.15, 0.2) is 47.9 Å². The Kier molecular flexibility index (Phi) is 4.92. The van der Waals surface area contributed by atoms with Crippen molar-refractivity contribution in [3.63, 3.8) is 0 Å². The molecular formula is C24H28BNO3. The molecule has 0 radical (unpaired) electrons. The highest BCUT2D eigenvalue weighted by atomic mass is 16.7. The molecule has 0 aromatic heterocycles. The van der Waals surface area contributed by atoms with Crippen LogP contribution in [0.5, 0.6) is 0 Å². The van der Waals surface area contributed by atoms with E-state index in [1.54, 1.807) is 0 Å². The summed E-state index contributed by atoms with van der Waals surface area (Å²) in [6.45, 7) is 10.1. The second-order valence-corrected chi connectivity index (χ2v) is 8.97. The monoisotopic (exact) mass is 389 g/mol. The number of amides is 1. The lowest BCUT2D eigenvalue weighted by Crippen LogP contribution is -2.41. The highest BCUT2D eigenvalue weighted by Crippen LogP contribution is 2.40. The molecule has 2 aromatic carbocycles. The normalized spacial score (nSPS) is 19.1. The average Bonchev–Trinajstić information content (AvgIpc) is 3.11. The lowest BCUT2D eigenvalue weighted by Gasteiger charge is -2.32. The standard InChI is InChI=1S/C24H28BNO3/c1-16(27)26-15-20(25-28-23(2,3)24(4,5)29-25)13-17-10-11-22-19(12-17)14-18-8-6-7-9-21(18)22/h6-13H,14-15H2,1-5H3,(H,26,27). The van der Waals surface area contributed by atoms with Gasteiger partial charge in [-0.1, -0.05) is 48.5 Å². The zero-order valence-electron chi connectivity index (χ0n) is 17.8. The molecule has 1 aliphatic carbocycles. The van der Waals surface area contributed by atoms with Crippen LogP contribution >= 0.6 is 0 Å². The smallest absolute Gasteiger partial charge is 0.400 e. The van der Waals surface area contributed by atoms with Gasteiger partial charge in [-0.2, -0.15) is 0 Å². The number of carbonyl (C=O) groups excluding carboxylic acids is 1. The Morgan fingerprint density at radius 1 is 1.03 bits per heavy atom. The van der Waals surface area contributed by atoms with E-state index in [0.717, 1.165) is 17.5 Å². The lowest BCUT2D eigenvalue weighted by atomic mass is 9.76. The molecule has 0 spiro atoms. The highest BCUT2D eigenvalue weighted by Gasteiger charge is 2.52. The van der Waals surface area contributed by atoms with Crippen molar-refractivity contribution < 1.29 is 14.1 Å². The summed E-state index contributed by atoms with van der Waals surface area (Å²) in [7, 11) is -0.489. The van der Waals surface area contributed by atoms with Crippen molar-refractivity contribution in [1.82, 2.24) is 5.32 Å². The number of hydrogen-bond acceptors (Lipinski definition) is 3. The van der Waals surface area contributed by atoms with Gasteiger partial charge < -0.3 is 14.6 Å². The van der Waals surface area contributed by atoms with Crippen molar-refractivity contribution in [2.24, 2.45) is 0 Å². The summed E-state index contributed by atoms with van der Waals surface area (Å²) in [6.07, 6.45) is 3.03. The zero-order valence-corrected chi connectivity index (χ0v) is 17.8. The van der Waals surface area contributed by atoms with Gasteiger partial charge in [-0.05, 0) is 67.4 Å². The molecule has 0 unspecified atom stereocenters. The van der Waals surface area contributed by atoms with Gasteiger partial charge in [-0.3, -0.25) is 4.79 Å². The molecule has 4 rings (SSSR count). The number of carbonyl (C=O) groups is 1. The van der Waals surface area contributed by atoms with Crippen LogP contribution in [0, 0.1) is 0 Å². The Morgan fingerprint density at radius 3 is 2.38 bits per heavy atom. The van der Waals surface area contributed by atoms with Crippen molar-refractivity contribution in [1.29, 1.82) is 0 Å². The van der Waals surface area contributed by atoms with E-state index in [4.69, 9.17) is 9.31 Å². The van der Waals surface area contributed by atoms with Gasteiger partial charge in [0.1, 0.15) is 0 Å². The van der Waals surface area contributed by atoms with Gasteiger partial charge in [0.15, 0.2) is 0 Å². The fourth-order valence-electron chi connectivity index (χ4n) is 3.89. The number of fused-ring (bicyclic) bond motifs is 3. The van der Waals surface area contributed by atoms with Crippen molar-refractivity contribution in [3.8, 4) is 11.1 Å². The molecule has 0 saturated carbocycles. The molecule has 0 bridgehead atoms. The molecule has 0 atom stereocenters. The maximum absolute atomic E-state index is 11.5. The average molecular weight is 389 g/mol. The minimum atomic E-state index is -0.489. The molecule has 1 amide bonds. The van der Waals surface area contributed by atoms with Gasteiger partial charge >= 0.3 is 7.12 Å². The first-order valence-corrected chi connectivity index (χ1v) is 10.2. The maximum atomic E-state index is 11.5. The predicted octanol–water partition coefficient (Wildman–Crippen LogP) is 4.41. The van der Waals surface area contributed by atoms with Crippen LogP contribution in [0.4, 0.5) is 0 Å². The van der Waals surface area contributed by atoms with Crippen molar-refractivity contribution in [2.45, 2.75) is 52.2 Å². The third-order valence-electron chi connectivity index (χ3n) is 6.27. The van der Waals surface area contributed by atoms with E-state index in [2.05, 4.69) is 53.9 Å². The number of hydrogen-bond donors (Lipinski definition) is 1. The topological polar surface area (TPSA) is 47.6 Å². The molecule has 1 fully saturated rings. The Bertz CT molecular complexity index is 977. The first-order valence-electron chi connectivity index (χ1n) is 10.2. The van der Waals surface area contributed by atoms with Gasteiger partial charge in [-0.25, -0.2) is 0 Å². The lowest BCUT2D eigenvalue weighted by molar-refractivity contribution is -0.118. The van der Waals surface area contributed by atoms with Crippen LogP contribution in [0.3, 0.4) is 0 Å². The molecule has 2 aromatic rings. The third-order valence-corrected chi connectivity index (χ3v) is 6.27. The first-order chi connectivity index (χ1) is 13.7. The predicted molar refractivity (Wildman–Crippen MR) is 117 cm³/mol.